The number of benzene rings is 1. The molecule has 15 heavy (non-hydrogen) atoms. The summed E-state index contributed by atoms with van der Waals surface area (Å²) in [4.78, 5) is 14.7. The number of rotatable bonds is 1. The molecule has 0 bridgehead atoms. The SMILES string of the molecule is Cc1cc2ccc(C(=O)O)nc2cc1Cl. The molecule has 3 nitrogen and oxygen atoms in total. The summed E-state index contributed by atoms with van der Waals surface area (Å²) in [6.45, 7) is 1.90. The summed E-state index contributed by atoms with van der Waals surface area (Å²) in [5.74, 6) is -1.03. The van der Waals surface area contributed by atoms with E-state index in [9.17, 15) is 4.79 Å². The van der Waals surface area contributed by atoms with E-state index in [0.29, 0.717) is 10.5 Å². The summed E-state index contributed by atoms with van der Waals surface area (Å²) in [6.07, 6.45) is 0. The number of carboxylic acids is 1. The van der Waals surface area contributed by atoms with Crippen LogP contribution in [-0.2, 0) is 0 Å². The molecule has 0 fully saturated rings. The molecule has 4 heteroatoms. The summed E-state index contributed by atoms with van der Waals surface area (Å²) >= 11 is 5.93. The van der Waals surface area contributed by atoms with E-state index in [1.807, 2.05) is 13.0 Å². The zero-order valence-corrected chi connectivity index (χ0v) is 8.75. The number of hydrogen-bond donors (Lipinski definition) is 1. The fourth-order valence-electron chi connectivity index (χ4n) is 1.38. The van der Waals surface area contributed by atoms with Crippen LogP contribution < -0.4 is 0 Å². The lowest BCUT2D eigenvalue weighted by molar-refractivity contribution is 0.0691. The minimum atomic E-state index is -1.03. The summed E-state index contributed by atoms with van der Waals surface area (Å²) in [7, 11) is 0. The Morgan fingerprint density at radius 3 is 2.80 bits per heavy atom. The van der Waals surface area contributed by atoms with Gasteiger partial charge in [0.05, 0.1) is 5.52 Å². The first-order valence-corrected chi connectivity index (χ1v) is 4.76. The van der Waals surface area contributed by atoms with Gasteiger partial charge in [-0.3, -0.25) is 0 Å². The second kappa shape index (κ2) is 3.51. The van der Waals surface area contributed by atoms with Crippen LogP contribution in [0.1, 0.15) is 16.1 Å². The maximum atomic E-state index is 10.7. The maximum Gasteiger partial charge on any atom is 0.354 e. The van der Waals surface area contributed by atoms with Gasteiger partial charge in [0.25, 0.3) is 0 Å². The van der Waals surface area contributed by atoms with E-state index >= 15 is 0 Å². The first-order chi connectivity index (χ1) is 7.08. The molecule has 0 radical (unpaired) electrons. The van der Waals surface area contributed by atoms with Gasteiger partial charge in [0.2, 0.25) is 0 Å². The lowest BCUT2D eigenvalue weighted by atomic mass is 10.1. The Hall–Kier alpha value is -1.61. The van der Waals surface area contributed by atoms with Crippen LogP contribution in [0.3, 0.4) is 0 Å². The third-order valence-electron chi connectivity index (χ3n) is 2.19. The average Bonchev–Trinajstić information content (AvgIpc) is 2.19. The van der Waals surface area contributed by atoms with E-state index in [1.165, 1.54) is 6.07 Å². The van der Waals surface area contributed by atoms with Crippen molar-refractivity contribution in [2.75, 3.05) is 0 Å². The molecule has 1 aromatic heterocycles. The van der Waals surface area contributed by atoms with Gasteiger partial charge in [-0.25, -0.2) is 9.78 Å². The van der Waals surface area contributed by atoms with E-state index in [4.69, 9.17) is 16.7 Å². The van der Waals surface area contributed by atoms with Crippen molar-refractivity contribution in [2.45, 2.75) is 6.92 Å². The molecule has 1 aromatic carbocycles. The predicted molar refractivity (Wildman–Crippen MR) is 58.4 cm³/mol. The fraction of sp³-hybridized carbons (Fsp3) is 0.0909. The van der Waals surface area contributed by atoms with Gasteiger partial charge >= 0.3 is 5.97 Å². The van der Waals surface area contributed by atoms with Gasteiger partial charge in [-0.05, 0) is 30.7 Å². The van der Waals surface area contributed by atoms with Crippen LogP contribution >= 0.6 is 11.6 Å². The topological polar surface area (TPSA) is 50.2 Å². The summed E-state index contributed by atoms with van der Waals surface area (Å²) in [5.41, 5.74) is 1.59. The number of hydrogen-bond acceptors (Lipinski definition) is 2. The minimum Gasteiger partial charge on any atom is -0.477 e. The van der Waals surface area contributed by atoms with E-state index in [-0.39, 0.29) is 5.69 Å². The van der Waals surface area contributed by atoms with Crippen LogP contribution in [0.4, 0.5) is 0 Å². The first kappa shape index (κ1) is 9.93. The van der Waals surface area contributed by atoms with Crippen molar-refractivity contribution in [2.24, 2.45) is 0 Å². The van der Waals surface area contributed by atoms with Crippen molar-refractivity contribution in [1.82, 2.24) is 4.98 Å². The van der Waals surface area contributed by atoms with Crippen LogP contribution in [0.2, 0.25) is 5.02 Å². The largest absolute Gasteiger partial charge is 0.477 e. The second-order valence-corrected chi connectivity index (χ2v) is 3.70. The number of aromatic carboxylic acids is 1. The van der Waals surface area contributed by atoms with Crippen molar-refractivity contribution < 1.29 is 9.90 Å². The number of carboxylic acid groups (broad SMARTS) is 1. The molecule has 0 amide bonds. The minimum absolute atomic E-state index is 0.0300. The zero-order chi connectivity index (χ0) is 11.0. The zero-order valence-electron chi connectivity index (χ0n) is 7.99. The van der Waals surface area contributed by atoms with Crippen LogP contribution in [0.25, 0.3) is 10.9 Å². The first-order valence-electron chi connectivity index (χ1n) is 4.38. The van der Waals surface area contributed by atoms with Gasteiger partial charge in [0.15, 0.2) is 0 Å². The number of halogens is 1. The number of aryl methyl sites for hydroxylation is 1. The molecule has 2 aromatic rings. The molecule has 1 heterocycles. The molecule has 0 saturated carbocycles. The number of nitrogens with zero attached hydrogens (tertiary/aromatic N) is 1. The van der Waals surface area contributed by atoms with E-state index in [0.717, 1.165) is 10.9 Å². The van der Waals surface area contributed by atoms with E-state index in [2.05, 4.69) is 4.98 Å². The highest BCUT2D eigenvalue weighted by Crippen LogP contribution is 2.22. The molecule has 1 N–H and O–H groups in total. The van der Waals surface area contributed by atoms with Gasteiger partial charge < -0.3 is 5.11 Å². The third-order valence-corrected chi connectivity index (χ3v) is 2.60. The monoisotopic (exact) mass is 221 g/mol. The summed E-state index contributed by atoms with van der Waals surface area (Å²) in [5, 5.41) is 10.3. The highest BCUT2D eigenvalue weighted by atomic mass is 35.5. The molecule has 0 saturated heterocycles. The van der Waals surface area contributed by atoms with Crippen LogP contribution in [0.15, 0.2) is 24.3 Å². The van der Waals surface area contributed by atoms with Crippen molar-refractivity contribution in [3.05, 3.63) is 40.5 Å². The Kier molecular flexibility index (Phi) is 2.32. The quantitative estimate of drug-likeness (QED) is 0.806. The van der Waals surface area contributed by atoms with E-state index in [1.54, 1.807) is 12.1 Å². The average molecular weight is 222 g/mol. The third kappa shape index (κ3) is 1.78. The van der Waals surface area contributed by atoms with Gasteiger partial charge in [-0.15, -0.1) is 0 Å². The molecular formula is C11H8ClNO2. The smallest absolute Gasteiger partial charge is 0.354 e. The number of pyridine rings is 1. The molecular weight excluding hydrogens is 214 g/mol. The standard InChI is InChI=1S/C11H8ClNO2/c1-6-4-7-2-3-9(11(14)15)13-10(7)5-8(6)12/h2-5H,1H3,(H,14,15). The number of fused-ring (bicyclic) bond motifs is 1. The van der Waals surface area contributed by atoms with E-state index < -0.39 is 5.97 Å². The van der Waals surface area contributed by atoms with Crippen molar-refractivity contribution in [3.8, 4) is 0 Å². The molecule has 2 rings (SSSR count). The van der Waals surface area contributed by atoms with Gasteiger partial charge in [-0.1, -0.05) is 17.7 Å². The molecule has 0 aliphatic heterocycles. The lowest BCUT2D eigenvalue weighted by Gasteiger charge is -2.02. The summed E-state index contributed by atoms with van der Waals surface area (Å²) in [6, 6.07) is 6.78. The van der Waals surface area contributed by atoms with Gasteiger partial charge in [0.1, 0.15) is 5.69 Å². The molecule has 0 aliphatic carbocycles. The highest BCUT2D eigenvalue weighted by molar-refractivity contribution is 6.32. The molecule has 76 valence electrons. The van der Waals surface area contributed by atoms with Crippen LogP contribution in [-0.4, -0.2) is 16.1 Å². The molecule has 0 spiro atoms. The van der Waals surface area contributed by atoms with Crippen molar-refractivity contribution >= 4 is 28.5 Å². The molecule has 0 unspecified atom stereocenters. The predicted octanol–water partition coefficient (Wildman–Crippen LogP) is 2.89. The van der Waals surface area contributed by atoms with Crippen LogP contribution in [0.5, 0.6) is 0 Å². The Morgan fingerprint density at radius 1 is 1.40 bits per heavy atom. The van der Waals surface area contributed by atoms with Crippen molar-refractivity contribution in [3.63, 3.8) is 0 Å². The molecule has 0 atom stereocenters. The number of aromatic nitrogens is 1. The lowest BCUT2D eigenvalue weighted by Crippen LogP contribution is -1.99. The van der Waals surface area contributed by atoms with Crippen LogP contribution in [0, 0.1) is 6.92 Å². The van der Waals surface area contributed by atoms with Gasteiger partial charge in [-0.2, -0.15) is 0 Å². The molecule has 0 aliphatic rings. The highest BCUT2D eigenvalue weighted by Gasteiger charge is 2.06. The normalized spacial score (nSPS) is 10.5. The van der Waals surface area contributed by atoms with Gasteiger partial charge in [0, 0.05) is 10.4 Å². The fourth-order valence-corrected chi connectivity index (χ4v) is 1.54. The Bertz CT molecular complexity index is 552. The Balaban J connectivity index is 2.72. The van der Waals surface area contributed by atoms with Crippen molar-refractivity contribution in [1.29, 1.82) is 0 Å². The Morgan fingerprint density at radius 2 is 2.13 bits per heavy atom. The second-order valence-electron chi connectivity index (χ2n) is 3.30. The number of carbonyl (C=O) groups is 1. The summed E-state index contributed by atoms with van der Waals surface area (Å²) < 4.78 is 0. The Labute approximate surface area is 91.3 Å². The maximum absolute atomic E-state index is 10.7.